The van der Waals surface area contributed by atoms with Gasteiger partial charge in [-0.2, -0.15) is 0 Å². The van der Waals surface area contributed by atoms with E-state index in [1.807, 2.05) is 5.51 Å². The van der Waals surface area contributed by atoms with Gasteiger partial charge in [-0.05, 0) is 19.8 Å². The molecule has 0 amide bonds. The van der Waals surface area contributed by atoms with Crippen molar-refractivity contribution in [1.82, 2.24) is 15.2 Å². The van der Waals surface area contributed by atoms with Crippen LogP contribution in [0, 0.1) is 6.92 Å². The van der Waals surface area contributed by atoms with Crippen LogP contribution in [0.25, 0.3) is 0 Å². The molecule has 1 aliphatic carbocycles. The van der Waals surface area contributed by atoms with Crippen LogP contribution in [0.15, 0.2) is 5.51 Å². The Hall–Kier alpha value is -0.450. The summed E-state index contributed by atoms with van der Waals surface area (Å²) in [6.45, 7) is 6.78. The minimum Gasteiger partial charge on any atom is -0.309 e. The molecule has 2 aliphatic rings. The highest BCUT2D eigenvalue weighted by molar-refractivity contribution is 7.09. The molecule has 94 valence electrons. The zero-order valence-corrected chi connectivity index (χ0v) is 11.4. The average Bonchev–Trinajstić information content (AvgIpc) is 2.91. The Kier molecular flexibility index (Phi) is 3.19. The van der Waals surface area contributed by atoms with Gasteiger partial charge in [0.25, 0.3) is 0 Å². The number of piperazine rings is 1. The molecule has 0 atom stereocenters. The SMILES string of the molecule is Cc1ncsc1CN1CCNC2(CCCC2)C1. The summed E-state index contributed by atoms with van der Waals surface area (Å²) in [5.74, 6) is 0. The molecule has 2 fully saturated rings. The van der Waals surface area contributed by atoms with Gasteiger partial charge in [0.05, 0.1) is 11.2 Å². The van der Waals surface area contributed by atoms with Crippen molar-refractivity contribution in [2.75, 3.05) is 19.6 Å². The number of nitrogens with one attached hydrogen (secondary N) is 1. The number of thiazole rings is 1. The number of aromatic nitrogens is 1. The summed E-state index contributed by atoms with van der Waals surface area (Å²) < 4.78 is 0. The summed E-state index contributed by atoms with van der Waals surface area (Å²) >= 11 is 1.80. The first-order valence-corrected chi connectivity index (χ1v) is 7.52. The molecule has 3 nitrogen and oxygen atoms in total. The fourth-order valence-corrected chi connectivity index (χ4v) is 4.06. The number of hydrogen-bond acceptors (Lipinski definition) is 4. The van der Waals surface area contributed by atoms with Crippen LogP contribution in [0.2, 0.25) is 0 Å². The van der Waals surface area contributed by atoms with E-state index >= 15 is 0 Å². The first-order chi connectivity index (χ1) is 8.27. The number of hydrogen-bond donors (Lipinski definition) is 1. The first kappa shape index (κ1) is 11.6. The van der Waals surface area contributed by atoms with Crippen LogP contribution in [0.3, 0.4) is 0 Å². The summed E-state index contributed by atoms with van der Waals surface area (Å²) in [5, 5.41) is 3.76. The lowest BCUT2D eigenvalue weighted by atomic mass is 9.94. The largest absolute Gasteiger partial charge is 0.309 e. The second kappa shape index (κ2) is 4.67. The van der Waals surface area contributed by atoms with Gasteiger partial charge in [0.15, 0.2) is 0 Å². The molecular formula is C13H21N3S. The molecule has 1 aromatic heterocycles. The van der Waals surface area contributed by atoms with Crippen LogP contribution in [-0.2, 0) is 6.54 Å². The molecule has 3 rings (SSSR count). The molecule has 1 aliphatic heterocycles. The molecular weight excluding hydrogens is 230 g/mol. The predicted molar refractivity (Wildman–Crippen MR) is 71.3 cm³/mol. The Labute approximate surface area is 107 Å². The Morgan fingerprint density at radius 3 is 3.00 bits per heavy atom. The molecule has 0 radical (unpaired) electrons. The Morgan fingerprint density at radius 2 is 2.29 bits per heavy atom. The summed E-state index contributed by atoms with van der Waals surface area (Å²) in [5.41, 5.74) is 3.63. The van der Waals surface area contributed by atoms with Gasteiger partial charge in [-0.1, -0.05) is 12.8 Å². The zero-order valence-electron chi connectivity index (χ0n) is 10.5. The second-order valence-corrected chi connectivity index (χ2v) is 6.43. The summed E-state index contributed by atoms with van der Waals surface area (Å²) in [7, 11) is 0. The first-order valence-electron chi connectivity index (χ1n) is 6.64. The van der Waals surface area contributed by atoms with E-state index in [1.54, 1.807) is 11.3 Å². The molecule has 0 unspecified atom stereocenters. The fraction of sp³-hybridized carbons (Fsp3) is 0.769. The van der Waals surface area contributed by atoms with E-state index in [0.29, 0.717) is 5.54 Å². The van der Waals surface area contributed by atoms with E-state index in [4.69, 9.17) is 0 Å². The lowest BCUT2D eigenvalue weighted by Gasteiger charge is -2.41. The van der Waals surface area contributed by atoms with Crippen molar-refractivity contribution in [2.24, 2.45) is 0 Å². The smallest absolute Gasteiger partial charge is 0.0798 e. The number of rotatable bonds is 2. The minimum atomic E-state index is 0.441. The zero-order chi connectivity index (χ0) is 11.7. The highest BCUT2D eigenvalue weighted by Gasteiger charge is 2.37. The fourth-order valence-electron chi connectivity index (χ4n) is 3.24. The molecule has 1 saturated carbocycles. The summed E-state index contributed by atoms with van der Waals surface area (Å²) in [6.07, 6.45) is 5.54. The lowest BCUT2D eigenvalue weighted by molar-refractivity contribution is 0.129. The molecule has 2 heterocycles. The summed E-state index contributed by atoms with van der Waals surface area (Å²) in [6, 6.07) is 0. The van der Waals surface area contributed by atoms with Gasteiger partial charge in [0.1, 0.15) is 0 Å². The van der Waals surface area contributed by atoms with Crippen molar-refractivity contribution < 1.29 is 0 Å². The highest BCUT2D eigenvalue weighted by Crippen LogP contribution is 2.32. The van der Waals surface area contributed by atoms with Gasteiger partial charge in [-0.3, -0.25) is 4.90 Å². The van der Waals surface area contributed by atoms with E-state index in [1.165, 1.54) is 49.3 Å². The summed E-state index contributed by atoms with van der Waals surface area (Å²) in [4.78, 5) is 8.41. The number of nitrogens with zero attached hydrogens (tertiary/aromatic N) is 2. The van der Waals surface area contributed by atoms with E-state index in [0.717, 1.165) is 13.1 Å². The van der Waals surface area contributed by atoms with Gasteiger partial charge in [0.2, 0.25) is 0 Å². The van der Waals surface area contributed by atoms with Crippen LogP contribution >= 0.6 is 11.3 Å². The van der Waals surface area contributed by atoms with Crippen LogP contribution < -0.4 is 5.32 Å². The van der Waals surface area contributed by atoms with Crippen molar-refractivity contribution in [2.45, 2.75) is 44.7 Å². The van der Waals surface area contributed by atoms with E-state index in [2.05, 4.69) is 22.1 Å². The molecule has 4 heteroatoms. The second-order valence-electron chi connectivity index (χ2n) is 5.49. The predicted octanol–water partition coefficient (Wildman–Crippen LogP) is 2.17. The molecule has 17 heavy (non-hydrogen) atoms. The van der Waals surface area contributed by atoms with Crippen LogP contribution in [0.1, 0.15) is 36.3 Å². The van der Waals surface area contributed by atoms with E-state index in [9.17, 15) is 0 Å². The van der Waals surface area contributed by atoms with Gasteiger partial charge in [-0.15, -0.1) is 11.3 Å². The van der Waals surface area contributed by atoms with Crippen molar-refractivity contribution >= 4 is 11.3 Å². The van der Waals surface area contributed by atoms with Crippen molar-refractivity contribution in [3.05, 3.63) is 16.1 Å². The van der Waals surface area contributed by atoms with Gasteiger partial charge >= 0.3 is 0 Å². The molecule has 1 N–H and O–H groups in total. The monoisotopic (exact) mass is 251 g/mol. The maximum atomic E-state index is 4.35. The Balaban J connectivity index is 1.66. The standard InChI is InChI=1S/C13H21N3S/c1-11-12(17-10-14-11)8-16-7-6-15-13(9-16)4-2-3-5-13/h10,15H,2-9H2,1H3. The maximum absolute atomic E-state index is 4.35. The van der Waals surface area contributed by atoms with Crippen molar-refractivity contribution in [3.8, 4) is 0 Å². The third-order valence-electron chi connectivity index (χ3n) is 4.23. The van der Waals surface area contributed by atoms with Gasteiger partial charge < -0.3 is 5.32 Å². The third kappa shape index (κ3) is 2.39. The third-order valence-corrected chi connectivity index (χ3v) is 5.15. The quantitative estimate of drug-likeness (QED) is 0.873. The van der Waals surface area contributed by atoms with Crippen molar-refractivity contribution in [3.63, 3.8) is 0 Å². The normalized spacial score (nSPS) is 24.5. The van der Waals surface area contributed by atoms with Crippen molar-refractivity contribution in [1.29, 1.82) is 0 Å². The lowest BCUT2D eigenvalue weighted by Crippen LogP contribution is -2.58. The minimum absolute atomic E-state index is 0.441. The van der Waals surface area contributed by atoms with Crippen LogP contribution in [-0.4, -0.2) is 35.1 Å². The highest BCUT2D eigenvalue weighted by atomic mass is 32.1. The average molecular weight is 251 g/mol. The van der Waals surface area contributed by atoms with Gasteiger partial charge in [0, 0.05) is 36.6 Å². The molecule has 1 aromatic rings. The molecule has 0 bridgehead atoms. The van der Waals surface area contributed by atoms with E-state index < -0.39 is 0 Å². The Bertz CT molecular complexity index is 382. The van der Waals surface area contributed by atoms with Crippen LogP contribution in [0.5, 0.6) is 0 Å². The van der Waals surface area contributed by atoms with E-state index in [-0.39, 0.29) is 0 Å². The Morgan fingerprint density at radius 1 is 1.47 bits per heavy atom. The molecule has 1 spiro atoms. The molecule has 0 aromatic carbocycles. The molecule has 1 saturated heterocycles. The topological polar surface area (TPSA) is 28.2 Å². The van der Waals surface area contributed by atoms with Crippen LogP contribution in [0.4, 0.5) is 0 Å². The van der Waals surface area contributed by atoms with Gasteiger partial charge in [-0.25, -0.2) is 4.98 Å². The maximum Gasteiger partial charge on any atom is 0.0798 e. The number of aryl methyl sites for hydroxylation is 1.